The number of rotatable bonds is 1. The second kappa shape index (κ2) is 4.71. The van der Waals surface area contributed by atoms with E-state index in [1.807, 2.05) is 24.3 Å². The van der Waals surface area contributed by atoms with Crippen molar-refractivity contribution in [3.05, 3.63) is 35.7 Å². The van der Waals surface area contributed by atoms with Crippen LogP contribution in [0, 0.1) is 0 Å². The summed E-state index contributed by atoms with van der Waals surface area (Å²) >= 11 is 3.40. The van der Waals surface area contributed by atoms with E-state index in [1.54, 1.807) is 6.20 Å². The van der Waals surface area contributed by atoms with Gasteiger partial charge in [0.2, 0.25) is 0 Å². The van der Waals surface area contributed by atoms with Crippen LogP contribution in [0.4, 0.5) is 0 Å². The molecule has 78 valence electrons. The maximum Gasteiger partial charge on any atom is 0.172 e. The summed E-state index contributed by atoms with van der Waals surface area (Å²) in [6.45, 7) is 0. The number of halogens is 1. The Morgan fingerprint density at radius 1 is 1.47 bits per heavy atom. The van der Waals surface area contributed by atoms with E-state index in [4.69, 9.17) is 0 Å². The molecule has 0 aromatic carbocycles. The van der Waals surface area contributed by atoms with E-state index < -0.39 is 0 Å². The maximum atomic E-state index is 11.8. The van der Waals surface area contributed by atoms with Gasteiger partial charge in [-0.1, -0.05) is 22.0 Å². The summed E-state index contributed by atoms with van der Waals surface area (Å²) in [5.74, 6) is 0.215. The number of carbonyl (C=O) groups is 1. The zero-order valence-corrected chi connectivity index (χ0v) is 9.90. The van der Waals surface area contributed by atoms with Crippen molar-refractivity contribution in [3.8, 4) is 0 Å². The predicted molar refractivity (Wildman–Crippen MR) is 63.8 cm³/mol. The lowest BCUT2D eigenvalue weighted by molar-refractivity contribution is -0.115. The largest absolute Gasteiger partial charge is 0.293 e. The molecule has 0 spiro atoms. The van der Waals surface area contributed by atoms with Crippen LogP contribution in [0.2, 0.25) is 0 Å². The summed E-state index contributed by atoms with van der Waals surface area (Å²) in [4.78, 5) is 16.0. The minimum Gasteiger partial charge on any atom is -0.293 e. The van der Waals surface area contributed by atoms with Gasteiger partial charge < -0.3 is 0 Å². The SMILES string of the molecule is O=C1/C(=C/c2ccccn2)CCCC1Br. The van der Waals surface area contributed by atoms with Gasteiger partial charge in [0.15, 0.2) is 5.78 Å². The highest BCUT2D eigenvalue weighted by Crippen LogP contribution is 2.26. The smallest absolute Gasteiger partial charge is 0.172 e. The van der Waals surface area contributed by atoms with Crippen LogP contribution in [0.1, 0.15) is 25.0 Å². The van der Waals surface area contributed by atoms with E-state index >= 15 is 0 Å². The Hall–Kier alpha value is -0.960. The van der Waals surface area contributed by atoms with Crippen LogP contribution >= 0.6 is 15.9 Å². The maximum absolute atomic E-state index is 11.8. The van der Waals surface area contributed by atoms with Gasteiger partial charge in [-0.05, 0) is 43.0 Å². The molecule has 1 unspecified atom stereocenters. The average Bonchev–Trinajstić information content (AvgIpc) is 2.26. The van der Waals surface area contributed by atoms with Gasteiger partial charge >= 0.3 is 0 Å². The number of hydrogen-bond donors (Lipinski definition) is 0. The van der Waals surface area contributed by atoms with Crippen LogP contribution in [0.15, 0.2) is 30.0 Å². The molecule has 1 saturated carbocycles. The summed E-state index contributed by atoms with van der Waals surface area (Å²) in [6, 6.07) is 5.72. The summed E-state index contributed by atoms with van der Waals surface area (Å²) in [5, 5.41) is 0. The van der Waals surface area contributed by atoms with Crippen molar-refractivity contribution in [1.29, 1.82) is 0 Å². The number of pyridine rings is 1. The Bertz CT molecular complexity index is 386. The highest BCUT2D eigenvalue weighted by Gasteiger charge is 2.23. The third-order valence-corrected chi connectivity index (χ3v) is 3.39. The van der Waals surface area contributed by atoms with Gasteiger partial charge in [-0.15, -0.1) is 0 Å². The van der Waals surface area contributed by atoms with Crippen molar-refractivity contribution in [1.82, 2.24) is 4.98 Å². The average molecular weight is 266 g/mol. The number of aromatic nitrogens is 1. The van der Waals surface area contributed by atoms with Crippen LogP contribution in [-0.2, 0) is 4.79 Å². The van der Waals surface area contributed by atoms with Gasteiger partial charge in [-0.25, -0.2) is 0 Å². The first kappa shape index (κ1) is 10.6. The fourth-order valence-corrected chi connectivity index (χ4v) is 2.33. The number of alkyl halides is 1. The van der Waals surface area contributed by atoms with Crippen molar-refractivity contribution < 1.29 is 4.79 Å². The molecule has 3 heteroatoms. The molecule has 0 amide bonds. The Morgan fingerprint density at radius 3 is 3.07 bits per heavy atom. The molecule has 0 bridgehead atoms. The number of nitrogens with zero attached hydrogens (tertiary/aromatic N) is 1. The fourth-order valence-electron chi connectivity index (χ4n) is 1.71. The number of hydrogen-bond acceptors (Lipinski definition) is 2. The monoisotopic (exact) mass is 265 g/mol. The molecule has 0 saturated heterocycles. The molecule has 15 heavy (non-hydrogen) atoms. The molecule has 2 nitrogen and oxygen atoms in total. The lowest BCUT2D eigenvalue weighted by Gasteiger charge is -2.17. The van der Waals surface area contributed by atoms with E-state index in [1.165, 1.54) is 0 Å². The first-order valence-corrected chi connectivity index (χ1v) is 5.99. The molecule has 0 N–H and O–H groups in total. The molecular weight excluding hydrogens is 254 g/mol. The predicted octanol–water partition coefficient (Wildman–Crippen LogP) is 2.98. The van der Waals surface area contributed by atoms with E-state index in [-0.39, 0.29) is 10.6 Å². The molecule has 1 aromatic heterocycles. The lowest BCUT2D eigenvalue weighted by Crippen LogP contribution is -2.21. The fraction of sp³-hybridized carbons (Fsp3) is 0.333. The Morgan fingerprint density at radius 2 is 2.33 bits per heavy atom. The van der Waals surface area contributed by atoms with Gasteiger partial charge in [0.25, 0.3) is 0 Å². The number of ketones is 1. The number of allylic oxidation sites excluding steroid dienone is 1. The van der Waals surface area contributed by atoms with Gasteiger partial charge in [-0.3, -0.25) is 9.78 Å². The summed E-state index contributed by atoms with van der Waals surface area (Å²) in [7, 11) is 0. The summed E-state index contributed by atoms with van der Waals surface area (Å²) in [5.41, 5.74) is 1.75. The summed E-state index contributed by atoms with van der Waals surface area (Å²) in [6.07, 6.45) is 6.53. The lowest BCUT2D eigenvalue weighted by atomic mass is 9.93. The minimum absolute atomic E-state index is 0.00112. The van der Waals surface area contributed by atoms with E-state index in [0.29, 0.717) is 0 Å². The first-order valence-electron chi connectivity index (χ1n) is 5.07. The van der Waals surface area contributed by atoms with Crippen LogP contribution in [-0.4, -0.2) is 15.6 Å². The quantitative estimate of drug-likeness (QED) is 0.577. The van der Waals surface area contributed by atoms with Gasteiger partial charge in [0, 0.05) is 6.20 Å². The van der Waals surface area contributed by atoms with Gasteiger partial charge in [0.1, 0.15) is 0 Å². The van der Waals surface area contributed by atoms with Crippen LogP contribution in [0.3, 0.4) is 0 Å². The van der Waals surface area contributed by atoms with Crippen molar-refractivity contribution in [3.63, 3.8) is 0 Å². The standard InChI is InChI=1S/C12H12BrNO/c13-11-6-3-4-9(12(11)15)8-10-5-1-2-7-14-10/h1-2,5,7-8,11H,3-4,6H2/b9-8+. The molecule has 0 radical (unpaired) electrons. The molecule has 1 aliphatic carbocycles. The van der Waals surface area contributed by atoms with Crippen molar-refractivity contribution in [2.75, 3.05) is 0 Å². The van der Waals surface area contributed by atoms with Crippen LogP contribution in [0.25, 0.3) is 6.08 Å². The number of Topliss-reactive ketones (excluding diaryl/α,β-unsaturated/α-hetero) is 1. The van der Waals surface area contributed by atoms with Crippen LogP contribution < -0.4 is 0 Å². The van der Waals surface area contributed by atoms with Crippen molar-refractivity contribution in [2.24, 2.45) is 0 Å². The van der Waals surface area contributed by atoms with E-state index in [9.17, 15) is 4.79 Å². The highest BCUT2D eigenvalue weighted by atomic mass is 79.9. The molecular formula is C12H12BrNO. The summed E-state index contributed by atoms with van der Waals surface area (Å²) < 4.78 is 0. The Balaban J connectivity index is 2.23. The van der Waals surface area contributed by atoms with E-state index in [0.717, 1.165) is 30.5 Å². The molecule has 1 aliphatic rings. The number of carbonyl (C=O) groups excluding carboxylic acids is 1. The zero-order valence-electron chi connectivity index (χ0n) is 8.32. The van der Waals surface area contributed by atoms with Crippen molar-refractivity contribution >= 4 is 27.8 Å². The van der Waals surface area contributed by atoms with Gasteiger partial charge in [0.05, 0.1) is 10.5 Å². The molecule has 1 heterocycles. The second-order valence-corrected chi connectivity index (χ2v) is 4.75. The third-order valence-electron chi connectivity index (χ3n) is 2.51. The molecule has 1 aromatic rings. The zero-order chi connectivity index (χ0) is 10.7. The second-order valence-electron chi connectivity index (χ2n) is 3.65. The third kappa shape index (κ3) is 2.53. The topological polar surface area (TPSA) is 30.0 Å². The highest BCUT2D eigenvalue weighted by molar-refractivity contribution is 9.10. The Labute approximate surface area is 97.5 Å². The van der Waals surface area contributed by atoms with Crippen LogP contribution in [0.5, 0.6) is 0 Å². The normalized spacial score (nSPS) is 24.5. The molecule has 2 rings (SSSR count). The first-order chi connectivity index (χ1) is 7.27. The molecule has 1 atom stereocenters. The van der Waals surface area contributed by atoms with Crippen molar-refractivity contribution in [2.45, 2.75) is 24.1 Å². The minimum atomic E-state index is 0.00112. The van der Waals surface area contributed by atoms with E-state index in [2.05, 4.69) is 20.9 Å². The Kier molecular flexibility index (Phi) is 3.31. The molecule has 1 fully saturated rings. The van der Waals surface area contributed by atoms with Gasteiger partial charge in [-0.2, -0.15) is 0 Å². The molecule has 0 aliphatic heterocycles.